The summed E-state index contributed by atoms with van der Waals surface area (Å²) in [6, 6.07) is 12.6. The third-order valence-corrected chi connectivity index (χ3v) is 5.04. The van der Waals surface area contributed by atoms with Crippen molar-refractivity contribution in [3.8, 4) is 0 Å². The minimum Gasteiger partial charge on any atom is -0.560 e. The predicted molar refractivity (Wildman–Crippen MR) is 129 cm³/mol. The van der Waals surface area contributed by atoms with E-state index in [-0.39, 0.29) is 69.3 Å². The third kappa shape index (κ3) is 7.92. The van der Waals surface area contributed by atoms with Crippen LogP contribution in [0.5, 0.6) is 0 Å². The van der Waals surface area contributed by atoms with Crippen molar-refractivity contribution in [3.63, 3.8) is 0 Å². The average molecular weight is 485 g/mol. The molecule has 2 aromatic carbocycles. The number of hydrogen-bond donors (Lipinski definition) is 2. The number of nitrogens with zero attached hydrogens (tertiary/aromatic N) is 2. The summed E-state index contributed by atoms with van der Waals surface area (Å²) in [4.78, 5) is 29.1. The average Bonchev–Trinajstić information content (AvgIpc) is 2.78. The van der Waals surface area contributed by atoms with Crippen LogP contribution in [-0.2, 0) is 4.74 Å². The van der Waals surface area contributed by atoms with Crippen molar-refractivity contribution < 1.29 is 70.3 Å². The van der Waals surface area contributed by atoms with Crippen molar-refractivity contribution in [1.82, 2.24) is 5.32 Å². The van der Waals surface area contributed by atoms with E-state index in [4.69, 9.17) is 4.74 Å². The van der Waals surface area contributed by atoms with Gasteiger partial charge in [-0.05, 0) is 61.7 Å². The monoisotopic (exact) mass is 484 g/mol. The number of anilines is 1. The molecule has 3 rings (SSSR count). The number of carbonyl (C=O) groups excluding carboxylic acids is 2. The summed E-state index contributed by atoms with van der Waals surface area (Å²) >= 11 is 0. The summed E-state index contributed by atoms with van der Waals surface area (Å²) in [7, 11) is 1.94. The molecular formula is C26H29KN4O3. The van der Waals surface area contributed by atoms with E-state index in [1.165, 1.54) is 0 Å². The Labute approximate surface area is 243 Å². The molecule has 0 bridgehead atoms. The Morgan fingerprint density at radius 2 is 2.03 bits per heavy atom. The maximum atomic E-state index is 12.7. The van der Waals surface area contributed by atoms with Crippen LogP contribution in [0.4, 0.5) is 5.69 Å². The second kappa shape index (κ2) is 13.6. The Kier molecular flexibility index (Phi) is 11.2. The summed E-state index contributed by atoms with van der Waals surface area (Å²) in [5.41, 5.74) is 4.21. The molecule has 7 nitrogen and oxygen atoms in total. The van der Waals surface area contributed by atoms with E-state index < -0.39 is 0 Å². The van der Waals surface area contributed by atoms with Crippen molar-refractivity contribution in [2.24, 2.45) is 4.99 Å². The normalized spacial score (nSPS) is 14.4. The van der Waals surface area contributed by atoms with Crippen LogP contribution in [0.15, 0.2) is 53.7 Å². The zero-order valence-corrected chi connectivity index (χ0v) is 23.5. The van der Waals surface area contributed by atoms with Gasteiger partial charge in [0.15, 0.2) is 0 Å². The Hall–Kier alpha value is -2.23. The molecule has 1 atom stereocenters. The zero-order valence-electron chi connectivity index (χ0n) is 20.4. The number of aryl methyl sites for hydroxylation is 1. The van der Waals surface area contributed by atoms with Crippen LogP contribution in [0.1, 0.15) is 58.2 Å². The number of hydrogen-bond acceptors (Lipinski definition) is 5. The van der Waals surface area contributed by atoms with Gasteiger partial charge in [0.1, 0.15) is 7.05 Å². The second-order valence-electron chi connectivity index (χ2n) is 7.86. The first-order valence-electron chi connectivity index (χ1n) is 10.9. The van der Waals surface area contributed by atoms with E-state index in [1.54, 1.807) is 31.3 Å². The molecule has 2 N–H and O–H groups in total. The molecule has 0 aromatic heterocycles. The van der Waals surface area contributed by atoms with Gasteiger partial charge in [-0.3, -0.25) is 4.79 Å². The summed E-state index contributed by atoms with van der Waals surface area (Å²) in [5, 5.41) is 6.07. The van der Waals surface area contributed by atoms with Crippen LogP contribution in [0.3, 0.4) is 0 Å². The Bertz CT molecular complexity index is 1120. The molecule has 0 saturated carbocycles. The number of nitrogens with one attached hydrogen (secondary N) is 2. The van der Waals surface area contributed by atoms with Gasteiger partial charge in [0.25, 0.3) is 5.91 Å². The smallest absolute Gasteiger partial charge is 0.560 e. The van der Waals surface area contributed by atoms with E-state index in [1.807, 2.05) is 62.5 Å². The van der Waals surface area contributed by atoms with E-state index in [9.17, 15) is 9.59 Å². The Balaban J connectivity index is 0.00000408. The molecule has 1 aliphatic heterocycles. The standard InChI is InChI=1S/C26H29N4O3.K/c1-5-13-33-26(32)24-10-9-21(14-18(24)2)25(31)29-22-8-6-7-20(15-22)19(3)27-11-12-28-23-16-30(4)17-23;/h6-10,12,14-17,19,27H,5,13H2,1-4H3,(H,29,31);/q-1;+1. The molecule has 2 aromatic rings. The predicted octanol–water partition coefficient (Wildman–Crippen LogP) is 1.07. The van der Waals surface area contributed by atoms with Gasteiger partial charge in [-0.15, -0.1) is 6.20 Å². The fourth-order valence-electron chi connectivity index (χ4n) is 3.22. The fraction of sp³-hybridized carbons (Fsp3) is 0.269. The van der Waals surface area contributed by atoms with Gasteiger partial charge >= 0.3 is 57.4 Å². The van der Waals surface area contributed by atoms with Crippen LogP contribution < -0.4 is 62.0 Å². The maximum absolute atomic E-state index is 12.7. The first-order valence-corrected chi connectivity index (χ1v) is 10.9. The van der Waals surface area contributed by atoms with Gasteiger partial charge in [-0.1, -0.05) is 19.1 Å². The molecule has 0 fully saturated rings. The van der Waals surface area contributed by atoms with E-state index >= 15 is 0 Å². The van der Waals surface area contributed by atoms with Gasteiger partial charge < -0.3 is 31.1 Å². The number of carbonyl (C=O) groups is 2. The number of esters is 1. The molecule has 1 amide bonds. The van der Waals surface area contributed by atoms with Crippen molar-refractivity contribution in [2.75, 3.05) is 19.0 Å². The van der Waals surface area contributed by atoms with Crippen molar-refractivity contribution in [3.05, 3.63) is 83.7 Å². The molecule has 8 heteroatoms. The summed E-state index contributed by atoms with van der Waals surface area (Å²) in [6.45, 7) is 8.03. The van der Waals surface area contributed by atoms with Crippen molar-refractivity contribution in [1.29, 1.82) is 0 Å². The molecule has 172 valence electrons. The largest absolute Gasteiger partial charge is 1.00 e. The molecule has 0 radical (unpaired) electrons. The van der Waals surface area contributed by atoms with Gasteiger partial charge in [-0.2, -0.15) is 0 Å². The summed E-state index contributed by atoms with van der Waals surface area (Å²) in [6.07, 6.45) is 7.25. The number of benzene rings is 2. The first-order chi connectivity index (χ1) is 15.9. The van der Waals surface area contributed by atoms with Crippen LogP contribution in [-0.4, -0.2) is 42.0 Å². The number of rotatable bonds is 9. The Morgan fingerprint density at radius 1 is 1.26 bits per heavy atom. The van der Waals surface area contributed by atoms with Gasteiger partial charge in [0.2, 0.25) is 0 Å². The zero-order chi connectivity index (χ0) is 23.8. The topological polar surface area (TPSA) is 82.8 Å². The second-order valence-corrected chi connectivity index (χ2v) is 7.86. The minimum absolute atomic E-state index is 0. The number of aliphatic imine (C=N–C) groups is 1. The van der Waals surface area contributed by atoms with E-state index in [0.717, 1.165) is 17.7 Å². The molecular weight excluding hydrogens is 455 g/mol. The molecule has 1 heterocycles. The molecule has 0 spiro atoms. The van der Waals surface area contributed by atoms with Crippen molar-refractivity contribution >= 4 is 29.5 Å². The first kappa shape index (κ1) is 28.0. The van der Waals surface area contributed by atoms with Crippen LogP contribution in [0.2, 0.25) is 0 Å². The number of ether oxygens (including phenoxy) is 1. The van der Waals surface area contributed by atoms with Crippen LogP contribution in [0, 0.1) is 19.7 Å². The van der Waals surface area contributed by atoms with Crippen molar-refractivity contribution in [2.45, 2.75) is 33.2 Å². The molecule has 34 heavy (non-hydrogen) atoms. The summed E-state index contributed by atoms with van der Waals surface area (Å²) < 4.78 is 7.11. The molecule has 1 unspecified atom stereocenters. The molecule has 0 saturated heterocycles. The fourth-order valence-corrected chi connectivity index (χ4v) is 3.22. The van der Waals surface area contributed by atoms with Gasteiger partial charge in [0, 0.05) is 17.3 Å². The van der Waals surface area contributed by atoms with E-state index in [2.05, 4.69) is 21.8 Å². The SMILES string of the molecule is CCCOC(=O)c1ccc(C(=O)Nc2cccc(C(C)N[C-]=CN=C3C=[N+](C)[CH-]3)c2)cc1C.[K+]. The minimum atomic E-state index is -0.371. The molecule has 0 aliphatic carbocycles. The Morgan fingerprint density at radius 3 is 2.71 bits per heavy atom. The van der Waals surface area contributed by atoms with Gasteiger partial charge in [-0.25, -0.2) is 4.79 Å². The number of amides is 1. The van der Waals surface area contributed by atoms with Crippen LogP contribution >= 0.6 is 0 Å². The molecule has 1 aliphatic rings. The van der Waals surface area contributed by atoms with Crippen LogP contribution in [0.25, 0.3) is 0 Å². The maximum Gasteiger partial charge on any atom is 1.00 e. The third-order valence-electron chi connectivity index (χ3n) is 5.04. The quantitative estimate of drug-likeness (QED) is 0.183. The van der Waals surface area contributed by atoms with E-state index in [0.29, 0.717) is 29.0 Å². The van der Waals surface area contributed by atoms with Gasteiger partial charge in [0.05, 0.1) is 30.6 Å². The summed E-state index contributed by atoms with van der Waals surface area (Å²) in [5.74, 6) is -0.617.